The maximum Gasteiger partial charge on any atom is 0.245 e. The van der Waals surface area contributed by atoms with Gasteiger partial charge >= 0.3 is 0 Å². The molecule has 1 heterocycles. The van der Waals surface area contributed by atoms with Crippen LogP contribution in [0, 0.1) is 0 Å². The van der Waals surface area contributed by atoms with Crippen LogP contribution in [0.25, 0.3) is 0 Å². The van der Waals surface area contributed by atoms with Crippen molar-refractivity contribution in [3.8, 4) is 17.2 Å². The topological polar surface area (TPSA) is 91.2 Å². The van der Waals surface area contributed by atoms with Crippen LogP contribution in [0.4, 0.5) is 0 Å². The van der Waals surface area contributed by atoms with E-state index in [9.17, 15) is 15.0 Å². The van der Waals surface area contributed by atoms with Crippen molar-refractivity contribution >= 4 is 23.5 Å². The van der Waals surface area contributed by atoms with Crippen molar-refractivity contribution in [2.45, 2.75) is 6.42 Å². The van der Waals surface area contributed by atoms with Crippen LogP contribution in [0.15, 0.2) is 34.7 Å². The van der Waals surface area contributed by atoms with Crippen LogP contribution in [0.5, 0.6) is 17.2 Å². The molecule has 110 valence electrons. The van der Waals surface area contributed by atoms with E-state index in [0.29, 0.717) is 5.56 Å². The largest absolute Gasteiger partial charge is 0.504 e. The quantitative estimate of drug-likeness (QED) is 0.447. The molecule has 3 N–H and O–H groups in total. The molecule has 2 rings (SSSR count). The van der Waals surface area contributed by atoms with E-state index < -0.39 is 0 Å². The summed E-state index contributed by atoms with van der Waals surface area (Å²) in [4.78, 5) is 12.6. The molecule has 0 atom stereocenters. The number of carbonyl (C=O) groups is 1. The van der Waals surface area contributed by atoms with Crippen LogP contribution in [0.1, 0.15) is 10.4 Å². The Balaban J connectivity index is 1.98. The molecule has 0 aliphatic carbocycles. The highest BCUT2D eigenvalue weighted by Gasteiger charge is 2.08. The van der Waals surface area contributed by atoms with Crippen molar-refractivity contribution in [1.82, 2.24) is 5.43 Å². The van der Waals surface area contributed by atoms with Crippen LogP contribution in [-0.4, -0.2) is 29.4 Å². The van der Waals surface area contributed by atoms with E-state index in [1.807, 2.05) is 17.5 Å². The zero-order valence-corrected chi connectivity index (χ0v) is 12.1. The molecule has 0 saturated carbocycles. The fourth-order valence-corrected chi connectivity index (χ4v) is 2.34. The molecule has 0 unspecified atom stereocenters. The standard InChI is InChI=1S/C14H14N2O4S/c1-20-12-6-9(5-11(17)14(12)19)8-15-16-13(18)7-10-3-2-4-21-10/h2-6,8,17,19H,7H2,1H3,(H,16,18)/b15-8+. The van der Waals surface area contributed by atoms with Crippen molar-refractivity contribution in [2.75, 3.05) is 7.11 Å². The number of ether oxygens (including phenoxy) is 1. The Hall–Kier alpha value is -2.54. The number of thiophene rings is 1. The summed E-state index contributed by atoms with van der Waals surface area (Å²) < 4.78 is 4.91. The summed E-state index contributed by atoms with van der Waals surface area (Å²) in [5.74, 6) is -0.762. The predicted molar refractivity (Wildman–Crippen MR) is 80.1 cm³/mol. The second-order valence-corrected chi connectivity index (χ2v) is 5.17. The first-order valence-corrected chi connectivity index (χ1v) is 6.92. The number of hydrazone groups is 1. The number of carbonyl (C=O) groups excluding carboxylic acids is 1. The Labute approximate surface area is 125 Å². The molecule has 0 aliphatic rings. The maximum absolute atomic E-state index is 11.6. The fourth-order valence-electron chi connectivity index (χ4n) is 1.63. The van der Waals surface area contributed by atoms with Gasteiger partial charge in [-0.1, -0.05) is 6.07 Å². The summed E-state index contributed by atoms with van der Waals surface area (Å²) in [5, 5.41) is 24.7. The van der Waals surface area contributed by atoms with E-state index in [2.05, 4.69) is 10.5 Å². The molecule has 2 aromatic rings. The third-order valence-corrected chi connectivity index (χ3v) is 3.49. The lowest BCUT2D eigenvalue weighted by Gasteiger charge is -2.06. The predicted octanol–water partition coefficient (Wildman–Crippen LogP) is 1.86. The van der Waals surface area contributed by atoms with Crippen LogP contribution < -0.4 is 10.2 Å². The number of nitrogens with one attached hydrogen (secondary N) is 1. The molecule has 0 aliphatic heterocycles. The van der Waals surface area contributed by atoms with Crippen molar-refractivity contribution in [2.24, 2.45) is 5.10 Å². The second kappa shape index (κ2) is 6.76. The fraction of sp³-hybridized carbons (Fsp3) is 0.143. The molecule has 0 bridgehead atoms. The lowest BCUT2D eigenvalue weighted by molar-refractivity contribution is -0.120. The minimum atomic E-state index is -0.337. The number of nitrogens with zero attached hydrogens (tertiary/aromatic N) is 1. The number of benzene rings is 1. The molecule has 0 spiro atoms. The van der Waals surface area contributed by atoms with Gasteiger partial charge in [0.2, 0.25) is 11.7 Å². The Morgan fingerprint density at radius 1 is 1.48 bits per heavy atom. The van der Waals surface area contributed by atoms with Crippen molar-refractivity contribution in [1.29, 1.82) is 0 Å². The van der Waals surface area contributed by atoms with Gasteiger partial charge < -0.3 is 14.9 Å². The molecule has 1 aromatic carbocycles. The third kappa shape index (κ3) is 3.96. The first-order valence-electron chi connectivity index (χ1n) is 6.04. The zero-order valence-electron chi connectivity index (χ0n) is 11.2. The summed E-state index contributed by atoms with van der Waals surface area (Å²) in [6.45, 7) is 0. The van der Waals surface area contributed by atoms with Crippen molar-refractivity contribution < 1.29 is 19.7 Å². The molecule has 0 radical (unpaired) electrons. The van der Waals surface area contributed by atoms with Gasteiger partial charge in [0.1, 0.15) is 0 Å². The van der Waals surface area contributed by atoms with Crippen LogP contribution >= 0.6 is 11.3 Å². The molecule has 0 fully saturated rings. The number of phenols is 2. The van der Waals surface area contributed by atoms with E-state index in [4.69, 9.17) is 4.74 Å². The van der Waals surface area contributed by atoms with Gasteiger partial charge in [0.15, 0.2) is 11.5 Å². The highest BCUT2D eigenvalue weighted by molar-refractivity contribution is 7.10. The minimum Gasteiger partial charge on any atom is -0.504 e. The number of amides is 1. The van der Waals surface area contributed by atoms with Gasteiger partial charge in [-0.25, -0.2) is 5.43 Å². The first kappa shape index (κ1) is 14.9. The molecule has 6 nitrogen and oxygen atoms in total. The van der Waals surface area contributed by atoms with Gasteiger partial charge in [0.25, 0.3) is 0 Å². The zero-order chi connectivity index (χ0) is 15.2. The van der Waals surface area contributed by atoms with Gasteiger partial charge in [-0.05, 0) is 23.6 Å². The summed E-state index contributed by atoms with van der Waals surface area (Å²) in [6.07, 6.45) is 1.62. The average molecular weight is 306 g/mol. The van der Waals surface area contributed by atoms with Crippen molar-refractivity contribution in [3.63, 3.8) is 0 Å². The third-order valence-electron chi connectivity index (χ3n) is 2.61. The van der Waals surface area contributed by atoms with Gasteiger partial charge in [-0.2, -0.15) is 5.10 Å². The number of rotatable bonds is 5. The van der Waals surface area contributed by atoms with E-state index in [-0.39, 0.29) is 29.6 Å². The average Bonchev–Trinajstić information content (AvgIpc) is 2.95. The lowest BCUT2D eigenvalue weighted by Crippen LogP contribution is -2.19. The number of aromatic hydroxyl groups is 2. The van der Waals surface area contributed by atoms with E-state index in [1.54, 1.807) is 0 Å². The number of hydrogen-bond donors (Lipinski definition) is 3. The Morgan fingerprint density at radius 3 is 2.95 bits per heavy atom. The van der Waals surface area contributed by atoms with E-state index in [1.165, 1.54) is 36.8 Å². The monoisotopic (exact) mass is 306 g/mol. The normalized spacial score (nSPS) is 10.7. The molecular formula is C14H14N2O4S. The SMILES string of the molecule is COc1cc(/C=N/NC(=O)Cc2cccs2)cc(O)c1O. The van der Waals surface area contributed by atoms with E-state index >= 15 is 0 Å². The molecule has 1 aromatic heterocycles. The Kier molecular flexibility index (Phi) is 4.78. The van der Waals surface area contributed by atoms with Gasteiger partial charge in [0.05, 0.1) is 19.7 Å². The molecular weight excluding hydrogens is 292 g/mol. The van der Waals surface area contributed by atoms with Crippen molar-refractivity contribution in [3.05, 3.63) is 40.1 Å². The van der Waals surface area contributed by atoms with Gasteiger partial charge in [-0.15, -0.1) is 11.3 Å². The second-order valence-electron chi connectivity index (χ2n) is 4.14. The lowest BCUT2D eigenvalue weighted by atomic mass is 10.2. The number of methoxy groups -OCH3 is 1. The van der Waals surface area contributed by atoms with Crippen LogP contribution in [-0.2, 0) is 11.2 Å². The highest BCUT2D eigenvalue weighted by Crippen LogP contribution is 2.35. The summed E-state index contributed by atoms with van der Waals surface area (Å²) in [5.41, 5.74) is 2.88. The van der Waals surface area contributed by atoms with Gasteiger partial charge in [0, 0.05) is 10.4 Å². The minimum absolute atomic E-state index is 0.126. The summed E-state index contributed by atoms with van der Waals surface area (Å²) >= 11 is 1.50. The number of hydrogen-bond acceptors (Lipinski definition) is 6. The molecule has 0 saturated heterocycles. The van der Waals surface area contributed by atoms with E-state index in [0.717, 1.165) is 4.88 Å². The molecule has 7 heteroatoms. The smallest absolute Gasteiger partial charge is 0.245 e. The molecule has 1 amide bonds. The number of phenolic OH excluding ortho intramolecular Hbond substituents is 2. The van der Waals surface area contributed by atoms with Gasteiger partial charge in [-0.3, -0.25) is 4.79 Å². The maximum atomic E-state index is 11.6. The van der Waals surface area contributed by atoms with Crippen LogP contribution in [0.3, 0.4) is 0 Å². The summed E-state index contributed by atoms with van der Waals surface area (Å²) in [7, 11) is 1.37. The summed E-state index contributed by atoms with van der Waals surface area (Å²) in [6, 6.07) is 6.55. The molecule has 21 heavy (non-hydrogen) atoms. The Bertz CT molecular complexity index is 653. The first-order chi connectivity index (χ1) is 10.1. The Morgan fingerprint density at radius 2 is 2.29 bits per heavy atom. The van der Waals surface area contributed by atoms with Crippen LogP contribution in [0.2, 0.25) is 0 Å². The highest BCUT2D eigenvalue weighted by atomic mass is 32.1.